The number of fused-ring (bicyclic) bond motifs is 13. The van der Waals surface area contributed by atoms with Gasteiger partial charge in [-0.05, 0) is 239 Å². The molecule has 0 amide bonds. The molecule has 20 nitrogen and oxygen atoms in total. The third-order valence-corrected chi connectivity index (χ3v) is 28.0. The van der Waals surface area contributed by atoms with E-state index < -0.39 is 46.3 Å². The summed E-state index contributed by atoms with van der Waals surface area (Å²) in [6.07, 6.45) is 20.9. The molecule has 1 aromatic heterocycles. The summed E-state index contributed by atoms with van der Waals surface area (Å²) in [6, 6.07) is 44.7. The molecule has 10 aromatic rings. The normalized spacial score (nSPS) is 19.0. The first kappa shape index (κ1) is 86.1. The summed E-state index contributed by atoms with van der Waals surface area (Å²) in [5, 5.41) is 35.8. The second-order valence-corrected chi connectivity index (χ2v) is 38.1. The van der Waals surface area contributed by atoms with Crippen molar-refractivity contribution in [2.24, 2.45) is 0 Å². The van der Waals surface area contributed by atoms with Gasteiger partial charge < -0.3 is 33.8 Å². The molecule has 0 spiro atoms. The minimum Gasteiger partial charge on any atom is -0.744 e. The summed E-state index contributed by atoms with van der Waals surface area (Å²) in [4.78, 5) is 11.6. The van der Waals surface area contributed by atoms with Gasteiger partial charge in [0.15, 0.2) is 26.8 Å². The Morgan fingerprint density at radius 3 is 1.38 bits per heavy atom. The second-order valence-electron chi connectivity index (χ2n) is 30.9. The Morgan fingerprint density at radius 1 is 0.491 bits per heavy atom. The largest absolute Gasteiger partial charge is 1.00 e. The van der Waals surface area contributed by atoms with Crippen LogP contribution in [0.4, 0.5) is 22.7 Å². The van der Waals surface area contributed by atoms with E-state index >= 15 is 0 Å². The molecule has 0 atom stereocenters. The van der Waals surface area contributed by atoms with Crippen molar-refractivity contribution in [1.29, 1.82) is 0 Å². The Labute approximate surface area is 761 Å². The van der Waals surface area contributed by atoms with Crippen LogP contribution in [-0.2, 0) is 70.5 Å². The van der Waals surface area contributed by atoms with Gasteiger partial charge in [-0.2, -0.15) is 17.8 Å². The first-order chi connectivity index (χ1) is 53.0. The maximum absolute atomic E-state index is 13.4. The van der Waals surface area contributed by atoms with Gasteiger partial charge in [0.2, 0.25) is 11.4 Å². The average molecular weight is 1690 g/mol. The maximum Gasteiger partial charge on any atom is 1.00 e. The van der Waals surface area contributed by atoms with E-state index in [2.05, 4.69) is 156 Å². The van der Waals surface area contributed by atoms with Crippen molar-refractivity contribution < 1.29 is 180 Å². The van der Waals surface area contributed by atoms with E-state index in [1.165, 1.54) is 52.9 Å². The van der Waals surface area contributed by atoms with E-state index in [4.69, 9.17) is 9.40 Å². The Morgan fingerprint density at radius 2 is 0.912 bits per heavy atom. The quantitative estimate of drug-likeness (QED) is 0.0205. The van der Waals surface area contributed by atoms with Crippen molar-refractivity contribution in [3.05, 3.63) is 260 Å². The fourth-order valence-corrected chi connectivity index (χ4v) is 22.0. The van der Waals surface area contributed by atoms with Gasteiger partial charge in [-0.15, -0.1) is 0 Å². The number of likely N-dealkylation sites (N-methyl/N-ethyl adjacent to an activating group) is 2. The molecule has 114 heavy (non-hydrogen) atoms. The van der Waals surface area contributed by atoms with Crippen molar-refractivity contribution in [2.45, 2.75) is 128 Å². The van der Waals surface area contributed by atoms with Crippen LogP contribution in [0.15, 0.2) is 267 Å². The van der Waals surface area contributed by atoms with Crippen LogP contribution in [0.25, 0.3) is 54.2 Å². The topological polar surface area (TPSA) is 270 Å². The molecule has 576 valence electrons. The van der Waals surface area contributed by atoms with Gasteiger partial charge in [0.05, 0.1) is 49.6 Å². The maximum atomic E-state index is 13.4. The van der Waals surface area contributed by atoms with Crippen LogP contribution in [0.5, 0.6) is 0 Å². The van der Waals surface area contributed by atoms with Crippen molar-refractivity contribution in [1.82, 2.24) is 4.98 Å². The predicted octanol–water partition coefficient (Wildman–Crippen LogP) is 10.9. The number of sulfone groups is 1. The van der Waals surface area contributed by atoms with Gasteiger partial charge in [0.1, 0.15) is 39.8 Å². The SMILES string of the molecule is CN1C(=C/C=C2\CCC(C=CC3=[N+](C)c4ccc5cc(SOO[O-])ccc5c4C3(C)C)=C2Sc2nc3ccccc3o2)C(C)(C)c2c1ccc1cc(S(=O)(=O)[O-])ccc21.CN1C(=CC=C2CCC(C=CC3=[N+](C)c4ccc5cc(S(=O)(=O)[O-])ccc5c4C3(C)C)=C2S(C)(=O)=O)C(C)(C)c2c1ccc1cc(SOO[O-])ccc21.[K+].[K+]. The number of benzene rings is 9. The molecule has 16 rings (SSSR count). The summed E-state index contributed by atoms with van der Waals surface area (Å²) in [7, 11) is -4.61. The summed E-state index contributed by atoms with van der Waals surface area (Å²) < 4.78 is 117. The molecule has 0 fully saturated rings. The third-order valence-electron chi connectivity index (χ3n) is 22.8. The molecule has 5 heterocycles. The summed E-state index contributed by atoms with van der Waals surface area (Å²) >= 11 is 3.29. The average Bonchev–Trinajstić information content (AvgIpc) is 1.58. The smallest absolute Gasteiger partial charge is 0.744 e. The minimum atomic E-state index is -4.60. The van der Waals surface area contributed by atoms with Gasteiger partial charge in [-0.1, -0.05) is 101 Å². The Bertz CT molecular complexity index is 6420. The molecule has 0 saturated carbocycles. The van der Waals surface area contributed by atoms with Crippen molar-refractivity contribution in [3.63, 3.8) is 0 Å². The first-order valence-corrected chi connectivity index (χ1v) is 43.1. The van der Waals surface area contributed by atoms with Crippen molar-refractivity contribution >= 4 is 154 Å². The predicted molar refractivity (Wildman–Crippen MR) is 436 cm³/mol. The number of oxazole rings is 1. The third kappa shape index (κ3) is 15.7. The second kappa shape index (κ2) is 32.7. The number of hydrogen-bond donors (Lipinski definition) is 0. The molecule has 0 bridgehead atoms. The molecule has 0 N–H and O–H groups in total. The number of para-hydroxylation sites is 2. The number of nitrogens with zero attached hydrogens (tertiary/aromatic N) is 5. The van der Waals surface area contributed by atoms with E-state index in [1.807, 2.05) is 123 Å². The van der Waals surface area contributed by atoms with Crippen LogP contribution < -0.4 is 123 Å². The fraction of sp³-hybridized carbons (Fsp3) is 0.244. The zero-order chi connectivity index (χ0) is 79.7. The first-order valence-electron chi connectivity index (χ1n) is 36.1. The van der Waals surface area contributed by atoms with Gasteiger partial charge >= 0.3 is 103 Å². The molecule has 2 aliphatic carbocycles. The van der Waals surface area contributed by atoms with Crippen LogP contribution in [0, 0.1) is 0 Å². The van der Waals surface area contributed by atoms with Crippen LogP contribution in [-0.4, -0.2) is 94.4 Å². The van der Waals surface area contributed by atoms with E-state index in [0.717, 1.165) is 163 Å². The Balaban J connectivity index is 0.000000197. The van der Waals surface area contributed by atoms with Crippen molar-refractivity contribution in [2.75, 3.05) is 44.2 Å². The molecular formula is C86H79K2N5O15S6. The molecule has 9 aromatic carbocycles. The van der Waals surface area contributed by atoms with Gasteiger partial charge in [-0.3, -0.25) is 10.1 Å². The number of aromatic nitrogens is 1. The number of rotatable bonds is 17. The van der Waals surface area contributed by atoms with Crippen LogP contribution in [0.3, 0.4) is 0 Å². The van der Waals surface area contributed by atoms with Gasteiger partial charge in [0, 0.05) is 104 Å². The molecule has 0 saturated heterocycles. The molecule has 28 heteroatoms. The number of hydrogen-bond acceptors (Lipinski definition) is 21. The number of thioether (sulfide) groups is 1. The van der Waals surface area contributed by atoms with E-state index in [0.29, 0.717) is 33.7 Å². The monoisotopic (exact) mass is 1690 g/mol. The Hall–Kier alpha value is -5.80. The van der Waals surface area contributed by atoms with E-state index in [9.17, 15) is 44.9 Å². The zero-order valence-electron chi connectivity index (χ0n) is 65.6. The van der Waals surface area contributed by atoms with E-state index in [1.54, 1.807) is 23.9 Å². The fourth-order valence-electron chi connectivity index (χ4n) is 17.8. The number of allylic oxidation sites excluding steroid dienone is 14. The molecule has 4 aliphatic heterocycles. The van der Waals surface area contributed by atoms with Gasteiger partial charge in [-0.25, -0.2) is 30.2 Å². The summed E-state index contributed by atoms with van der Waals surface area (Å²) in [5.74, 6) is 0. The molecule has 0 radical (unpaired) electrons. The van der Waals surface area contributed by atoms with Gasteiger partial charge in [0.25, 0.3) is 5.22 Å². The number of anilines is 2. The minimum absolute atomic E-state index is 0. The molecule has 0 unspecified atom stereocenters. The standard InChI is InChI=1S/C46H41N3O7S3.C40H40N2O8S3.2K/c1-45(2)39(48(5)36-21-13-29-25-31(58-56-55-50)17-19-33(29)41(36)45)23-15-27-11-12-28(43(27)57-44-47-35-9-7-8-10-38(35)54-44)16-24-40-46(3,4)42-34-20-18-32(59(51,52)53)26-30(34)14-22-37(42)49(40)6;1-39(2)34(41(5)32-18-10-26-22-28(51-50-49-43)14-16-30(26)36(32)39)20-12-24-8-9-25(38(24)52(7,44)45)13-21-35-40(3,4)37-31-17-15-29(53(46,47)48)23-27(31)11-19-33(37)42(35)6;;/h7-10,13-26H,11-12H2,1-6H3,(H-,50,51,52,53);10-23H,8-9H2,1-7H3,(H-,43,46,47,48);;/q;;2*+1/p-2. The molecule has 6 aliphatic rings. The van der Waals surface area contributed by atoms with Crippen LogP contribution >= 0.6 is 35.8 Å². The Kier molecular flexibility index (Phi) is 24.7. The zero-order valence-corrected chi connectivity index (χ0v) is 76.8. The van der Waals surface area contributed by atoms with Crippen LogP contribution in [0.1, 0.15) is 103 Å². The summed E-state index contributed by atoms with van der Waals surface area (Å²) in [5.41, 5.74) is 16.7. The summed E-state index contributed by atoms with van der Waals surface area (Å²) in [6.45, 7) is 17.4. The molecular weight excluding hydrogens is 1610 g/mol. The van der Waals surface area contributed by atoms with E-state index in [-0.39, 0.29) is 118 Å². The van der Waals surface area contributed by atoms with Crippen LogP contribution in [0.2, 0.25) is 0 Å². The van der Waals surface area contributed by atoms with Crippen molar-refractivity contribution in [3.8, 4) is 0 Å².